The monoisotopic (exact) mass is 166 g/mol. The normalized spacial score (nSPS) is 14.2. The molecule has 1 nitrogen and oxygen atoms in total. The SMILES string of the molecule is C=C/C=C/[C@H](C)CC/C=C/CO. The van der Waals surface area contributed by atoms with Gasteiger partial charge >= 0.3 is 0 Å². The van der Waals surface area contributed by atoms with Gasteiger partial charge in [-0.2, -0.15) is 0 Å². The highest BCUT2D eigenvalue weighted by Gasteiger charge is 1.92. The minimum Gasteiger partial charge on any atom is -0.392 e. The summed E-state index contributed by atoms with van der Waals surface area (Å²) in [5.74, 6) is 0.589. The average Bonchev–Trinajstić information content (AvgIpc) is 2.09. The molecule has 0 unspecified atom stereocenters. The second kappa shape index (κ2) is 8.28. The number of rotatable bonds is 6. The zero-order valence-corrected chi connectivity index (χ0v) is 7.74. The Hall–Kier alpha value is -0.820. The van der Waals surface area contributed by atoms with E-state index in [1.54, 1.807) is 12.2 Å². The summed E-state index contributed by atoms with van der Waals surface area (Å²) in [4.78, 5) is 0. The van der Waals surface area contributed by atoms with Gasteiger partial charge in [0, 0.05) is 0 Å². The molecule has 0 saturated heterocycles. The predicted octanol–water partition coefficient (Wildman–Crippen LogP) is 2.69. The van der Waals surface area contributed by atoms with Gasteiger partial charge in [0.15, 0.2) is 0 Å². The fraction of sp³-hybridized carbons (Fsp3) is 0.455. The second-order valence-electron chi connectivity index (χ2n) is 2.83. The minimum absolute atomic E-state index is 0.150. The first-order chi connectivity index (χ1) is 5.81. The van der Waals surface area contributed by atoms with Crippen LogP contribution >= 0.6 is 0 Å². The lowest BCUT2D eigenvalue weighted by atomic mass is 10.1. The van der Waals surface area contributed by atoms with E-state index in [-0.39, 0.29) is 6.61 Å². The van der Waals surface area contributed by atoms with E-state index in [0.717, 1.165) is 12.8 Å². The lowest BCUT2D eigenvalue weighted by Gasteiger charge is -2.01. The molecule has 0 aromatic carbocycles. The van der Waals surface area contributed by atoms with Crippen LogP contribution in [0.4, 0.5) is 0 Å². The van der Waals surface area contributed by atoms with Gasteiger partial charge in [-0.05, 0) is 18.8 Å². The van der Waals surface area contributed by atoms with E-state index in [2.05, 4.69) is 19.6 Å². The Balaban J connectivity index is 3.43. The van der Waals surface area contributed by atoms with Crippen molar-refractivity contribution in [2.24, 2.45) is 5.92 Å². The molecule has 0 amide bonds. The molecule has 0 fully saturated rings. The Morgan fingerprint density at radius 1 is 1.42 bits per heavy atom. The predicted molar refractivity (Wildman–Crippen MR) is 54.0 cm³/mol. The summed E-state index contributed by atoms with van der Waals surface area (Å²) >= 11 is 0. The Morgan fingerprint density at radius 2 is 2.17 bits per heavy atom. The highest BCUT2D eigenvalue weighted by molar-refractivity contribution is 4.99. The van der Waals surface area contributed by atoms with Gasteiger partial charge in [0.2, 0.25) is 0 Å². The zero-order chi connectivity index (χ0) is 9.23. The van der Waals surface area contributed by atoms with Crippen molar-refractivity contribution in [3.05, 3.63) is 37.0 Å². The molecule has 0 aliphatic carbocycles. The van der Waals surface area contributed by atoms with Crippen LogP contribution in [0.1, 0.15) is 19.8 Å². The van der Waals surface area contributed by atoms with E-state index < -0.39 is 0 Å². The molecule has 12 heavy (non-hydrogen) atoms. The first kappa shape index (κ1) is 11.2. The molecular weight excluding hydrogens is 148 g/mol. The molecule has 0 aliphatic rings. The van der Waals surface area contributed by atoms with Gasteiger partial charge in [0.05, 0.1) is 6.61 Å². The molecule has 0 rings (SSSR count). The van der Waals surface area contributed by atoms with Crippen LogP contribution in [0.5, 0.6) is 0 Å². The minimum atomic E-state index is 0.150. The second-order valence-corrected chi connectivity index (χ2v) is 2.83. The summed E-state index contributed by atoms with van der Waals surface area (Å²) in [6.45, 7) is 5.93. The number of allylic oxidation sites excluding steroid dienone is 4. The van der Waals surface area contributed by atoms with Crippen LogP contribution in [0, 0.1) is 5.92 Å². The fourth-order valence-electron chi connectivity index (χ4n) is 0.916. The van der Waals surface area contributed by atoms with Gasteiger partial charge in [-0.3, -0.25) is 0 Å². The standard InChI is InChI=1S/C11H18O/c1-3-4-8-11(2)9-6-5-7-10-12/h3-5,7-8,11-12H,1,6,9-10H2,2H3/b7-5+,8-4+/t11-/m0/s1. The summed E-state index contributed by atoms with van der Waals surface area (Å²) in [5, 5.41) is 8.46. The van der Waals surface area contributed by atoms with Gasteiger partial charge in [-0.15, -0.1) is 0 Å². The van der Waals surface area contributed by atoms with Gasteiger partial charge in [0.1, 0.15) is 0 Å². The maximum absolute atomic E-state index is 8.46. The van der Waals surface area contributed by atoms with E-state index >= 15 is 0 Å². The van der Waals surface area contributed by atoms with Gasteiger partial charge in [0.25, 0.3) is 0 Å². The maximum Gasteiger partial charge on any atom is 0.0612 e. The van der Waals surface area contributed by atoms with Crippen molar-refractivity contribution in [1.29, 1.82) is 0 Å². The Kier molecular flexibility index (Phi) is 7.71. The zero-order valence-electron chi connectivity index (χ0n) is 7.74. The first-order valence-corrected chi connectivity index (χ1v) is 4.36. The third-order valence-corrected chi connectivity index (χ3v) is 1.64. The van der Waals surface area contributed by atoms with Crippen LogP contribution < -0.4 is 0 Å². The van der Waals surface area contributed by atoms with Crippen molar-refractivity contribution in [1.82, 2.24) is 0 Å². The van der Waals surface area contributed by atoms with E-state index in [4.69, 9.17) is 5.11 Å². The van der Waals surface area contributed by atoms with E-state index in [1.807, 2.05) is 12.2 Å². The molecule has 0 aromatic rings. The number of hydrogen-bond donors (Lipinski definition) is 1. The highest BCUT2D eigenvalue weighted by Crippen LogP contribution is 2.07. The lowest BCUT2D eigenvalue weighted by Crippen LogP contribution is -1.87. The first-order valence-electron chi connectivity index (χ1n) is 4.36. The highest BCUT2D eigenvalue weighted by atomic mass is 16.2. The van der Waals surface area contributed by atoms with Crippen molar-refractivity contribution < 1.29 is 5.11 Å². The van der Waals surface area contributed by atoms with Gasteiger partial charge < -0.3 is 5.11 Å². The molecule has 0 spiro atoms. The Morgan fingerprint density at radius 3 is 2.75 bits per heavy atom. The number of aliphatic hydroxyl groups is 1. The molecule has 0 aliphatic heterocycles. The Labute approximate surface area is 75.1 Å². The van der Waals surface area contributed by atoms with Gasteiger partial charge in [-0.1, -0.05) is 43.9 Å². The summed E-state index contributed by atoms with van der Waals surface area (Å²) in [7, 11) is 0. The van der Waals surface area contributed by atoms with Crippen LogP contribution in [-0.4, -0.2) is 11.7 Å². The third-order valence-electron chi connectivity index (χ3n) is 1.64. The lowest BCUT2D eigenvalue weighted by molar-refractivity contribution is 0.342. The largest absolute Gasteiger partial charge is 0.392 e. The van der Waals surface area contributed by atoms with E-state index in [0.29, 0.717) is 5.92 Å². The van der Waals surface area contributed by atoms with Crippen molar-refractivity contribution >= 4 is 0 Å². The van der Waals surface area contributed by atoms with Crippen LogP contribution in [0.2, 0.25) is 0 Å². The van der Waals surface area contributed by atoms with Crippen molar-refractivity contribution in [3.63, 3.8) is 0 Å². The smallest absolute Gasteiger partial charge is 0.0612 e. The maximum atomic E-state index is 8.46. The van der Waals surface area contributed by atoms with E-state index in [1.165, 1.54) is 0 Å². The summed E-state index contributed by atoms with van der Waals surface area (Å²) < 4.78 is 0. The third kappa shape index (κ3) is 7.29. The average molecular weight is 166 g/mol. The van der Waals surface area contributed by atoms with Crippen LogP contribution in [0.15, 0.2) is 37.0 Å². The molecule has 0 radical (unpaired) electrons. The molecule has 1 atom stereocenters. The van der Waals surface area contributed by atoms with E-state index in [9.17, 15) is 0 Å². The summed E-state index contributed by atoms with van der Waals surface area (Å²) in [5.41, 5.74) is 0. The van der Waals surface area contributed by atoms with Crippen molar-refractivity contribution in [2.75, 3.05) is 6.61 Å². The number of aliphatic hydroxyl groups excluding tert-OH is 1. The topological polar surface area (TPSA) is 20.2 Å². The molecular formula is C11H18O. The summed E-state index contributed by atoms with van der Waals surface area (Å²) in [6.07, 6.45) is 11.9. The molecule has 0 saturated carbocycles. The van der Waals surface area contributed by atoms with Crippen LogP contribution in [0.25, 0.3) is 0 Å². The van der Waals surface area contributed by atoms with Gasteiger partial charge in [-0.25, -0.2) is 0 Å². The Bertz CT molecular complexity index is 156. The molecule has 68 valence electrons. The summed E-state index contributed by atoms with van der Waals surface area (Å²) in [6, 6.07) is 0. The molecule has 1 N–H and O–H groups in total. The molecule has 0 heterocycles. The fourth-order valence-corrected chi connectivity index (χ4v) is 0.916. The van der Waals surface area contributed by atoms with Crippen molar-refractivity contribution in [2.45, 2.75) is 19.8 Å². The van der Waals surface area contributed by atoms with Crippen LogP contribution in [-0.2, 0) is 0 Å². The molecule has 1 heteroatoms. The number of hydrogen-bond acceptors (Lipinski definition) is 1. The van der Waals surface area contributed by atoms with Crippen LogP contribution in [0.3, 0.4) is 0 Å². The quantitative estimate of drug-likeness (QED) is 0.475. The molecule has 0 aromatic heterocycles. The molecule has 0 bridgehead atoms. The van der Waals surface area contributed by atoms with Crippen molar-refractivity contribution in [3.8, 4) is 0 Å².